The molecule has 1 fully saturated rings. The summed E-state index contributed by atoms with van der Waals surface area (Å²) in [5.74, 6) is -1.61. The zero-order valence-electron chi connectivity index (χ0n) is 17.6. The molecular formula is C22H28F2N4O2. The van der Waals surface area contributed by atoms with Gasteiger partial charge in [0.2, 0.25) is 5.91 Å². The summed E-state index contributed by atoms with van der Waals surface area (Å²) in [6.45, 7) is 4.59. The van der Waals surface area contributed by atoms with Crippen LogP contribution in [0.15, 0.2) is 36.5 Å². The van der Waals surface area contributed by atoms with E-state index in [2.05, 4.69) is 5.32 Å². The largest absolute Gasteiger partial charge is 0.353 e. The van der Waals surface area contributed by atoms with Gasteiger partial charge in [0, 0.05) is 37.6 Å². The van der Waals surface area contributed by atoms with Gasteiger partial charge in [-0.1, -0.05) is 13.8 Å². The summed E-state index contributed by atoms with van der Waals surface area (Å²) in [7, 11) is 1.93. The van der Waals surface area contributed by atoms with Crippen molar-refractivity contribution in [2.24, 2.45) is 13.0 Å². The Hall–Kier alpha value is -2.90. The predicted octanol–water partition coefficient (Wildman–Crippen LogP) is 3.98. The molecule has 8 heteroatoms. The third-order valence-corrected chi connectivity index (χ3v) is 5.06. The van der Waals surface area contributed by atoms with Gasteiger partial charge in [0.1, 0.15) is 18.2 Å². The molecule has 3 rings (SSSR count). The van der Waals surface area contributed by atoms with Crippen LogP contribution in [0.25, 0.3) is 0 Å². The molecule has 1 aliphatic carbocycles. The van der Waals surface area contributed by atoms with Crippen molar-refractivity contribution in [1.29, 1.82) is 0 Å². The number of carbonyl (C=O) groups excluding carboxylic acids is 2. The quantitative estimate of drug-likeness (QED) is 0.705. The number of nitrogens with one attached hydrogen (secondary N) is 1. The Morgan fingerprint density at radius 1 is 1.23 bits per heavy atom. The molecule has 0 bridgehead atoms. The predicted molar refractivity (Wildman–Crippen MR) is 111 cm³/mol. The van der Waals surface area contributed by atoms with Crippen LogP contribution in [0.4, 0.5) is 19.3 Å². The Bertz CT molecular complexity index is 908. The van der Waals surface area contributed by atoms with Crippen molar-refractivity contribution in [1.82, 2.24) is 14.4 Å². The molecule has 1 heterocycles. The molecule has 6 nitrogen and oxygen atoms in total. The highest BCUT2D eigenvalue weighted by atomic mass is 19.1. The van der Waals surface area contributed by atoms with Crippen molar-refractivity contribution in [3.05, 3.63) is 53.9 Å². The first-order valence-corrected chi connectivity index (χ1v) is 10.1. The maximum absolute atomic E-state index is 13.9. The monoisotopic (exact) mass is 418 g/mol. The Labute approximate surface area is 175 Å². The van der Waals surface area contributed by atoms with E-state index in [0.29, 0.717) is 19.2 Å². The van der Waals surface area contributed by atoms with E-state index >= 15 is 0 Å². The number of aryl methyl sites for hydroxylation is 1. The van der Waals surface area contributed by atoms with E-state index in [9.17, 15) is 18.4 Å². The number of hydrogen-bond donors (Lipinski definition) is 1. The smallest absolute Gasteiger partial charge is 0.322 e. The fraction of sp³-hybridized carbons (Fsp3) is 0.455. The summed E-state index contributed by atoms with van der Waals surface area (Å²) in [5, 5.41) is 2.46. The van der Waals surface area contributed by atoms with Gasteiger partial charge in [0.05, 0.1) is 12.2 Å². The summed E-state index contributed by atoms with van der Waals surface area (Å²) < 4.78 is 29.0. The van der Waals surface area contributed by atoms with Crippen LogP contribution in [0.3, 0.4) is 0 Å². The van der Waals surface area contributed by atoms with Gasteiger partial charge < -0.3 is 19.7 Å². The van der Waals surface area contributed by atoms with E-state index in [1.807, 2.05) is 48.7 Å². The van der Waals surface area contributed by atoms with Crippen molar-refractivity contribution < 1.29 is 18.4 Å². The van der Waals surface area contributed by atoms with Crippen LogP contribution >= 0.6 is 0 Å². The molecule has 1 aromatic heterocycles. The molecule has 0 radical (unpaired) electrons. The van der Waals surface area contributed by atoms with E-state index in [1.54, 1.807) is 0 Å². The molecule has 0 saturated heterocycles. The Kier molecular flexibility index (Phi) is 6.74. The molecule has 30 heavy (non-hydrogen) atoms. The first kappa shape index (κ1) is 21.8. The number of carbonyl (C=O) groups is 2. The van der Waals surface area contributed by atoms with E-state index in [-0.39, 0.29) is 30.1 Å². The summed E-state index contributed by atoms with van der Waals surface area (Å²) >= 11 is 0. The van der Waals surface area contributed by atoms with Gasteiger partial charge in [0.15, 0.2) is 0 Å². The minimum atomic E-state index is -0.859. The molecule has 0 atom stereocenters. The van der Waals surface area contributed by atoms with Gasteiger partial charge in [-0.3, -0.25) is 4.79 Å². The third kappa shape index (κ3) is 5.58. The topological polar surface area (TPSA) is 57.6 Å². The Balaban J connectivity index is 1.71. The zero-order valence-corrected chi connectivity index (χ0v) is 17.6. The molecular weight excluding hydrogens is 390 g/mol. The number of rotatable bonds is 8. The van der Waals surface area contributed by atoms with Crippen LogP contribution in [0.1, 0.15) is 32.4 Å². The lowest BCUT2D eigenvalue weighted by Crippen LogP contribution is -2.46. The van der Waals surface area contributed by atoms with Crippen LogP contribution in [0.2, 0.25) is 0 Å². The summed E-state index contributed by atoms with van der Waals surface area (Å²) in [4.78, 5) is 29.1. The second-order valence-electron chi connectivity index (χ2n) is 8.19. The fourth-order valence-corrected chi connectivity index (χ4v) is 3.34. The van der Waals surface area contributed by atoms with Crippen molar-refractivity contribution in [2.45, 2.75) is 39.3 Å². The van der Waals surface area contributed by atoms with Gasteiger partial charge in [-0.25, -0.2) is 13.6 Å². The van der Waals surface area contributed by atoms with E-state index in [1.165, 1.54) is 11.0 Å². The lowest BCUT2D eigenvalue weighted by molar-refractivity contribution is -0.133. The normalized spacial score (nSPS) is 13.4. The number of nitrogens with zero attached hydrogens (tertiary/aromatic N) is 3. The lowest BCUT2D eigenvalue weighted by Gasteiger charge is -2.29. The molecule has 2 aromatic rings. The van der Waals surface area contributed by atoms with E-state index in [0.717, 1.165) is 24.6 Å². The number of urea groups is 1. The first-order chi connectivity index (χ1) is 14.2. The number of aromatic nitrogens is 1. The van der Waals surface area contributed by atoms with Crippen molar-refractivity contribution >= 4 is 17.6 Å². The van der Waals surface area contributed by atoms with Crippen molar-refractivity contribution in [3.8, 4) is 0 Å². The number of amides is 3. The maximum Gasteiger partial charge on any atom is 0.322 e. The van der Waals surface area contributed by atoms with Gasteiger partial charge >= 0.3 is 6.03 Å². The summed E-state index contributed by atoms with van der Waals surface area (Å²) in [6.07, 6.45) is 3.83. The highest BCUT2D eigenvalue weighted by Crippen LogP contribution is 2.28. The maximum atomic E-state index is 13.9. The number of halogens is 2. The minimum absolute atomic E-state index is 0.103. The highest BCUT2D eigenvalue weighted by molar-refractivity contribution is 5.92. The molecule has 1 N–H and O–H groups in total. The third-order valence-electron chi connectivity index (χ3n) is 5.06. The molecule has 1 aliphatic rings. The zero-order chi connectivity index (χ0) is 21.8. The fourth-order valence-electron chi connectivity index (χ4n) is 3.34. The number of anilines is 1. The Morgan fingerprint density at radius 3 is 2.53 bits per heavy atom. The van der Waals surface area contributed by atoms with E-state index < -0.39 is 17.7 Å². The van der Waals surface area contributed by atoms with Gasteiger partial charge in [-0.05, 0) is 43.0 Å². The SMILES string of the molecule is CC(C)CN(CC(=O)N(Cc1cccn1C)C1CC1)C(=O)Nc1ccc(F)cc1F. The minimum Gasteiger partial charge on any atom is -0.353 e. The van der Waals surface area contributed by atoms with Gasteiger partial charge in [0.25, 0.3) is 0 Å². The average molecular weight is 418 g/mol. The molecule has 162 valence electrons. The average Bonchev–Trinajstić information content (AvgIpc) is 3.43. The molecule has 0 aliphatic heterocycles. The highest BCUT2D eigenvalue weighted by Gasteiger charge is 2.34. The summed E-state index contributed by atoms with van der Waals surface area (Å²) in [6, 6.07) is 6.46. The summed E-state index contributed by atoms with van der Waals surface area (Å²) in [5.41, 5.74) is 0.897. The molecule has 1 saturated carbocycles. The van der Waals surface area contributed by atoms with Gasteiger partial charge in [-0.15, -0.1) is 0 Å². The van der Waals surface area contributed by atoms with E-state index in [4.69, 9.17) is 0 Å². The Morgan fingerprint density at radius 2 is 1.97 bits per heavy atom. The van der Waals surface area contributed by atoms with Crippen LogP contribution < -0.4 is 5.32 Å². The molecule has 1 aromatic carbocycles. The first-order valence-electron chi connectivity index (χ1n) is 10.1. The van der Waals surface area contributed by atoms with Crippen LogP contribution in [0, 0.1) is 17.6 Å². The van der Waals surface area contributed by atoms with Gasteiger partial charge in [-0.2, -0.15) is 0 Å². The van der Waals surface area contributed by atoms with Crippen LogP contribution in [-0.2, 0) is 18.4 Å². The van der Waals surface area contributed by atoms with Crippen molar-refractivity contribution in [3.63, 3.8) is 0 Å². The number of benzene rings is 1. The second kappa shape index (κ2) is 9.28. The standard InChI is InChI=1S/C22H28F2N4O2/c1-15(2)12-27(22(30)25-20-9-6-16(23)11-19(20)24)14-21(29)28(17-7-8-17)13-18-5-4-10-26(18)3/h4-6,9-11,15,17H,7-8,12-14H2,1-3H3,(H,25,30). The second-order valence-corrected chi connectivity index (χ2v) is 8.19. The van der Waals surface area contributed by atoms with Crippen LogP contribution in [-0.4, -0.2) is 45.4 Å². The van der Waals surface area contributed by atoms with Crippen molar-refractivity contribution in [2.75, 3.05) is 18.4 Å². The van der Waals surface area contributed by atoms with Crippen LogP contribution in [0.5, 0.6) is 0 Å². The molecule has 0 spiro atoms. The lowest BCUT2D eigenvalue weighted by atomic mass is 10.2. The molecule has 3 amide bonds. The number of hydrogen-bond acceptors (Lipinski definition) is 2. The molecule has 0 unspecified atom stereocenters.